The van der Waals surface area contributed by atoms with Crippen molar-refractivity contribution in [3.63, 3.8) is 0 Å². The van der Waals surface area contributed by atoms with Gasteiger partial charge in [-0.25, -0.2) is 0 Å². The van der Waals surface area contributed by atoms with Crippen molar-refractivity contribution in [1.29, 1.82) is 0 Å². The molecule has 0 radical (unpaired) electrons. The van der Waals surface area contributed by atoms with E-state index in [1.165, 1.54) is 6.92 Å². The Morgan fingerprint density at radius 2 is 0.875 bits per heavy atom. The van der Waals surface area contributed by atoms with Crippen LogP contribution in [0, 0.1) is 0 Å². The van der Waals surface area contributed by atoms with Gasteiger partial charge in [0.05, 0.1) is 0 Å². The molecule has 0 bridgehead atoms. The van der Waals surface area contributed by atoms with Crippen LogP contribution >= 0.6 is 0 Å². The van der Waals surface area contributed by atoms with Crippen LogP contribution in [-0.2, 0) is 9.22 Å². The summed E-state index contributed by atoms with van der Waals surface area (Å²) in [6.07, 6.45) is -15.0. The molecule has 0 rings (SSSR count). The number of alkyl halides is 9. The third-order valence-corrected chi connectivity index (χ3v) is 13.2. The standard InChI is InChI=1S/C5H11.3C2H2F3O.Sn/c1-4-5(2)3;3*3-2(4,5)1-6;/h4H2,1-3H3;3*1H2;/q;3*-1;+3. The van der Waals surface area contributed by atoms with Crippen molar-refractivity contribution < 1.29 is 48.7 Å². The number of hydrogen-bond acceptors (Lipinski definition) is 3. The Kier molecular flexibility index (Phi) is 8.18. The summed E-state index contributed by atoms with van der Waals surface area (Å²) in [7, 11) is 0. The van der Waals surface area contributed by atoms with Crippen LogP contribution in [0.15, 0.2) is 0 Å². The van der Waals surface area contributed by atoms with Crippen LogP contribution in [0.4, 0.5) is 39.5 Å². The topological polar surface area (TPSA) is 27.7 Å². The van der Waals surface area contributed by atoms with Crippen LogP contribution in [0.3, 0.4) is 0 Å². The first-order valence-electron chi connectivity index (χ1n) is 6.55. The molecule has 0 saturated heterocycles. The van der Waals surface area contributed by atoms with Gasteiger partial charge in [0.2, 0.25) is 0 Å². The Morgan fingerprint density at radius 3 is 1.04 bits per heavy atom. The van der Waals surface area contributed by atoms with E-state index in [-0.39, 0.29) is 6.42 Å². The van der Waals surface area contributed by atoms with Gasteiger partial charge in [-0.05, 0) is 0 Å². The Balaban J connectivity index is 5.63. The van der Waals surface area contributed by atoms with Crippen LogP contribution < -0.4 is 0 Å². The molecule has 0 aliphatic carbocycles. The number of rotatable bonds is 8. The predicted molar refractivity (Wildman–Crippen MR) is 66.1 cm³/mol. The monoisotopic (exact) mass is 488 g/mol. The van der Waals surface area contributed by atoms with Crippen molar-refractivity contribution in [2.75, 3.05) is 19.8 Å². The second kappa shape index (κ2) is 8.16. The van der Waals surface area contributed by atoms with Gasteiger partial charge >= 0.3 is 137 Å². The molecule has 0 saturated carbocycles. The summed E-state index contributed by atoms with van der Waals surface area (Å²) >= 11 is -5.94. The van der Waals surface area contributed by atoms with Crippen molar-refractivity contribution in [1.82, 2.24) is 0 Å². The van der Waals surface area contributed by atoms with Crippen molar-refractivity contribution >= 4 is 19.6 Å². The summed E-state index contributed by atoms with van der Waals surface area (Å²) in [6, 6.07) is 0. The van der Waals surface area contributed by atoms with E-state index in [0.717, 1.165) is 13.8 Å². The molecular formula is C11H17F9O3Sn. The molecule has 0 unspecified atom stereocenters. The first-order valence-corrected chi connectivity index (χ1v) is 11.5. The molecule has 0 aromatic heterocycles. The van der Waals surface area contributed by atoms with E-state index in [9.17, 15) is 39.5 Å². The molecule has 0 aromatic rings. The maximum absolute atomic E-state index is 12.4. The van der Waals surface area contributed by atoms with Gasteiger partial charge < -0.3 is 0 Å². The molecule has 24 heavy (non-hydrogen) atoms. The average molecular weight is 487 g/mol. The SMILES string of the molecule is CC[C](C)(C)[Sn]([O]CC(F)(F)F)([O]CC(F)(F)F)[O]CC(F)(F)F. The van der Waals surface area contributed by atoms with Gasteiger partial charge in [0.1, 0.15) is 0 Å². The van der Waals surface area contributed by atoms with Crippen molar-refractivity contribution in [2.24, 2.45) is 0 Å². The number of halogens is 9. The summed E-state index contributed by atoms with van der Waals surface area (Å²) in [5.74, 6) is 0. The molecular weight excluding hydrogens is 470 g/mol. The van der Waals surface area contributed by atoms with Crippen molar-refractivity contribution in [3.8, 4) is 0 Å². The first kappa shape index (κ1) is 24.0. The van der Waals surface area contributed by atoms with E-state index in [2.05, 4.69) is 9.22 Å². The molecule has 0 N–H and O–H groups in total. The van der Waals surface area contributed by atoms with Gasteiger partial charge in [-0.3, -0.25) is 0 Å². The zero-order valence-corrected chi connectivity index (χ0v) is 15.8. The predicted octanol–water partition coefficient (Wildman–Crippen LogP) is 4.85. The summed E-state index contributed by atoms with van der Waals surface area (Å²) in [5, 5.41) is 0. The molecule has 0 atom stereocenters. The molecule has 0 aromatic carbocycles. The normalized spacial score (nSPS) is 15.0. The third kappa shape index (κ3) is 8.94. The van der Waals surface area contributed by atoms with Crippen molar-refractivity contribution in [3.05, 3.63) is 0 Å². The Labute approximate surface area is 137 Å². The third-order valence-electron chi connectivity index (χ3n) is 2.99. The summed E-state index contributed by atoms with van der Waals surface area (Å²) in [6.45, 7) is -2.47. The Bertz CT molecular complexity index is 344. The van der Waals surface area contributed by atoms with Crippen LogP contribution in [0.5, 0.6) is 0 Å². The van der Waals surface area contributed by atoms with Crippen LogP contribution in [0.2, 0.25) is 3.43 Å². The van der Waals surface area contributed by atoms with E-state index in [4.69, 9.17) is 0 Å². The van der Waals surface area contributed by atoms with E-state index >= 15 is 0 Å². The van der Waals surface area contributed by atoms with E-state index in [1.54, 1.807) is 0 Å². The van der Waals surface area contributed by atoms with E-state index < -0.39 is 61.4 Å². The van der Waals surface area contributed by atoms with Crippen LogP contribution in [0.25, 0.3) is 0 Å². The zero-order chi connectivity index (χ0) is 19.4. The Morgan fingerprint density at radius 1 is 0.625 bits per heavy atom. The van der Waals surface area contributed by atoms with Gasteiger partial charge in [0.15, 0.2) is 0 Å². The summed E-state index contributed by atoms with van der Waals surface area (Å²) < 4.78 is 123. The zero-order valence-electron chi connectivity index (χ0n) is 13.0. The molecule has 13 heteroatoms. The molecule has 146 valence electrons. The summed E-state index contributed by atoms with van der Waals surface area (Å²) in [5.41, 5.74) is 0. The average Bonchev–Trinajstić information content (AvgIpc) is 2.34. The fraction of sp³-hybridized carbons (Fsp3) is 1.00. The van der Waals surface area contributed by atoms with Crippen molar-refractivity contribution in [2.45, 2.75) is 49.2 Å². The molecule has 0 aliphatic rings. The van der Waals surface area contributed by atoms with E-state index in [1.807, 2.05) is 0 Å². The number of hydrogen-bond donors (Lipinski definition) is 0. The maximum atomic E-state index is 12.4. The van der Waals surface area contributed by atoms with Crippen LogP contribution in [0.1, 0.15) is 27.2 Å². The van der Waals surface area contributed by atoms with Gasteiger partial charge in [0, 0.05) is 0 Å². The molecule has 0 aliphatic heterocycles. The van der Waals surface area contributed by atoms with E-state index in [0.29, 0.717) is 0 Å². The summed E-state index contributed by atoms with van der Waals surface area (Å²) in [4.78, 5) is 0. The first-order chi connectivity index (χ1) is 10.4. The molecule has 0 spiro atoms. The second-order valence-electron chi connectivity index (χ2n) is 5.51. The van der Waals surface area contributed by atoms with Gasteiger partial charge in [0.25, 0.3) is 0 Å². The second-order valence-corrected chi connectivity index (χ2v) is 15.0. The van der Waals surface area contributed by atoms with Crippen LogP contribution in [-0.4, -0.2) is 58.0 Å². The van der Waals surface area contributed by atoms with Gasteiger partial charge in [-0.2, -0.15) is 0 Å². The fourth-order valence-electron chi connectivity index (χ4n) is 1.46. The fourth-order valence-corrected chi connectivity index (χ4v) is 9.78. The molecule has 0 amide bonds. The van der Waals surface area contributed by atoms with Gasteiger partial charge in [-0.15, -0.1) is 0 Å². The minimum absolute atomic E-state index is 0.101. The minimum atomic E-state index is -5.94. The van der Waals surface area contributed by atoms with Gasteiger partial charge in [-0.1, -0.05) is 0 Å². The Hall–Kier alpha value is 0.0487. The molecule has 3 nitrogen and oxygen atoms in total. The molecule has 0 fully saturated rings. The quantitative estimate of drug-likeness (QED) is 0.362. The molecule has 0 heterocycles.